The van der Waals surface area contributed by atoms with Gasteiger partial charge in [-0.2, -0.15) is 0 Å². The van der Waals surface area contributed by atoms with E-state index in [1.54, 1.807) is 14.1 Å². The lowest BCUT2D eigenvalue weighted by atomic mass is 10.1. The van der Waals surface area contributed by atoms with E-state index in [0.29, 0.717) is 19.5 Å². The highest BCUT2D eigenvalue weighted by Gasteiger charge is 2.03. The van der Waals surface area contributed by atoms with Crippen molar-refractivity contribution in [3.63, 3.8) is 0 Å². The molecule has 1 N–H and O–H groups in total. The van der Waals surface area contributed by atoms with Gasteiger partial charge in [-0.05, 0) is 32.1 Å². The third-order valence-electron chi connectivity index (χ3n) is 5.86. The molecule has 0 rings (SSSR count). The summed E-state index contributed by atoms with van der Waals surface area (Å²) in [5.41, 5.74) is 0. The molecule has 0 aliphatic rings. The Morgan fingerprint density at radius 3 is 1.65 bits per heavy atom. The number of hydroxylamine groups is 3. The minimum Gasteiger partial charge on any atom is -0.633 e. The van der Waals surface area contributed by atoms with Crippen molar-refractivity contribution in [1.29, 1.82) is 0 Å². The first kappa shape index (κ1) is 30.1. The molecule has 0 saturated carbocycles. The van der Waals surface area contributed by atoms with Gasteiger partial charge in [-0.25, -0.2) is 0 Å². The Morgan fingerprint density at radius 1 is 0.710 bits per heavy atom. The highest BCUT2D eigenvalue weighted by molar-refractivity contribution is 5.75. The third-order valence-corrected chi connectivity index (χ3v) is 5.86. The second-order valence-electron chi connectivity index (χ2n) is 9.75. The Labute approximate surface area is 194 Å². The molecule has 0 aromatic rings. The molecular formula is C27H54N2O2. The van der Waals surface area contributed by atoms with E-state index < -0.39 is 0 Å². The topological polar surface area (TPSA) is 52.2 Å². The predicted molar refractivity (Wildman–Crippen MR) is 136 cm³/mol. The van der Waals surface area contributed by atoms with Crippen LogP contribution >= 0.6 is 0 Å². The molecule has 0 aliphatic carbocycles. The van der Waals surface area contributed by atoms with Gasteiger partial charge in [0.1, 0.15) is 0 Å². The molecular weight excluding hydrogens is 384 g/mol. The summed E-state index contributed by atoms with van der Waals surface area (Å²) in [5, 5.41) is 14.4. The van der Waals surface area contributed by atoms with Crippen LogP contribution in [0.15, 0.2) is 12.2 Å². The summed E-state index contributed by atoms with van der Waals surface area (Å²) in [4.78, 5) is 11.8. The highest BCUT2D eigenvalue weighted by atomic mass is 16.5. The molecule has 0 atom stereocenters. The first-order chi connectivity index (χ1) is 15.0. The second-order valence-corrected chi connectivity index (χ2v) is 9.75. The number of quaternary nitrogens is 1. The van der Waals surface area contributed by atoms with E-state index in [-0.39, 0.29) is 10.6 Å². The van der Waals surface area contributed by atoms with E-state index >= 15 is 0 Å². The van der Waals surface area contributed by atoms with Crippen molar-refractivity contribution in [2.75, 3.05) is 27.2 Å². The summed E-state index contributed by atoms with van der Waals surface area (Å²) >= 11 is 0. The van der Waals surface area contributed by atoms with E-state index in [1.165, 1.54) is 96.3 Å². The Balaban J connectivity index is 3.21. The third kappa shape index (κ3) is 27.1. The van der Waals surface area contributed by atoms with Gasteiger partial charge in [0.05, 0.1) is 20.6 Å². The lowest BCUT2D eigenvalue weighted by Crippen LogP contribution is -2.35. The van der Waals surface area contributed by atoms with Gasteiger partial charge in [0.2, 0.25) is 5.91 Å². The van der Waals surface area contributed by atoms with Gasteiger partial charge >= 0.3 is 0 Å². The molecule has 31 heavy (non-hydrogen) atoms. The number of allylic oxidation sites excluding steroid dienone is 2. The first-order valence-electron chi connectivity index (χ1n) is 13.4. The zero-order chi connectivity index (χ0) is 23.0. The zero-order valence-electron chi connectivity index (χ0n) is 21.3. The van der Waals surface area contributed by atoms with Gasteiger partial charge in [0, 0.05) is 19.4 Å². The van der Waals surface area contributed by atoms with E-state index in [0.717, 1.165) is 19.3 Å². The molecule has 0 spiro atoms. The van der Waals surface area contributed by atoms with E-state index in [2.05, 4.69) is 24.4 Å². The molecule has 0 fully saturated rings. The largest absolute Gasteiger partial charge is 0.633 e. The lowest BCUT2D eigenvalue weighted by molar-refractivity contribution is -0.840. The molecule has 0 aliphatic heterocycles. The number of unbranched alkanes of at least 4 members (excludes halogenated alkanes) is 15. The maximum absolute atomic E-state index is 11.8. The summed E-state index contributed by atoms with van der Waals surface area (Å²) < 4.78 is -0.285. The zero-order valence-corrected chi connectivity index (χ0v) is 21.3. The molecule has 1 amide bonds. The molecule has 0 heterocycles. The van der Waals surface area contributed by atoms with Crippen molar-refractivity contribution in [2.45, 2.75) is 129 Å². The molecule has 0 unspecified atom stereocenters. The van der Waals surface area contributed by atoms with Gasteiger partial charge in [-0.3, -0.25) is 4.79 Å². The number of carbonyl (C=O) groups excluding carboxylic acids is 1. The van der Waals surface area contributed by atoms with Crippen LogP contribution in [0.25, 0.3) is 0 Å². The number of hydrogen-bond donors (Lipinski definition) is 1. The van der Waals surface area contributed by atoms with Crippen molar-refractivity contribution in [3.8, 4) is 0 Å². The minimum atomic E-state index is -0.285. The van der Waals surface area contributed by atoms with Gasteiger partial charge in [0.25, 0.3) is 0 Å². The van der Waals surface area contributed by atoms with Crippen LogP contribution in [0, 0.1) is 5.21 Å². The fourth-order valence-corrected chi connectivity index (χ4v) is 3.84. The number of hydrogen-bond acceptors (Lipinski definition) is 2. The van der Waals surface area contributed by atoms with Crippen molar-refractivity contribution in [1.82, 2.24) is 5.32 Å². The van der Waals surface area contributed by atoms with Crippen LogP contribution in [0.3, 0.4) is 0 Å². The lowest BCUT2D eigenvalue weighted by Gasteiger charge is -2.33. The summed E-state index contributed by atoms with van der Waals surface area (Å²) in [6.07, 6.45) is 28.5. The Morgan fingerprint density at radius 2 is 1.16 bits per heavy atom. The molecule has 0 aromatic heterocycles. The molecule has 4 nitrogen and oxygen atoms in total. The fourth-order valence-electron chi connectivity index (χ4n) is 3.84. The van der Waals surface area contributed by atoms with E-state index in [4.69, 9.17) is 0 Å². The van der Waals surface area contributed by atoms with Crippen molar-refractivity contribution >= 4 is 5.91 Å². The number of nitrogens with zero attached hydrogens (tertiary/aromatic N) is 1. The van der Waals surface area contributed by atoms with Crippen molar-refractivity contribution in [3.05, 3.63) is 17.4 Å². The van der Waals surface area contributed by atoms with Crippen molar-refractivity contribution < 1.29 is 9.44 Å². The second kappa shape index (κ2) is 22.3. The Hall–Kier alpha value is -0.870. The fraction of sp³-hybridized carbons (Fsp3) is 0.889. The maximum atomic E-state index is 11.8. The molecule has 0 radical (unpaired) electrons. The maximum Gasteiger partial charge on any atom is 0.219 e. The smallest absolute Gasteiger partial charge is 0.219 e. The van der Waals surface area contributed by atoms with Crippen LogP contribution in [-0.4, -0.2) is 37.7 Å². The van der Waals surface area contributed by atoms with E-state index in [9.17, 15) is 10.0 Å². The summed E-state index contributed by atoms with van der Waals surface area (Å²) in [6, 6.07) is 0. The number of rotatable bonds is 23. The Bertz CT molecular complexity index is 416. The monoisotopic (exact) mass is 438 g/mol. The number of carbonyl (C=O) groups is 1. The molecule has 0 aromatic carbocycles. The van der Waals surface area contributed by atoms with E-state index in [1.807, 2.05) is 0 Å². The highest BCUT2D eigenvalue weighted by Crippen LogP contribution is 2.12. The quantitative estimate of drug-likeness (QED) is 0.0770. The minimum absolute atomic E-state index is 0.136. The first-order valence-corrected chi connectivity index (χ1v) is 13.4. The number of amides is 1. The summed E-state index contributed by atoms with van der Waals surface area (Å²) in [6.45, 7) is 3.45. The van der Waals surface area contributed by atoms with Crippen LogP contribution in [-0.2, 0) is 4.79 Å². The Kier molecular flexibility index (Phi) is 21.7. The summed E-state index contributed by atoms with van der Waals surface area (Å²) in [7, 11) is 3.27. The van der Waals surface area contributed by atoms with Gasteiger partial charge in [-0.1, -0.05) is 96.1 Å². The SMILES string of the molecule is CCCCCCCC/C=C\CCCCCCCCCCCC(=O)NCCC[N+](C)(C)[O-]. The van der Waals surface area contributed by atoms with Crippen LogP contribution < -0.4 is 5.32 Å². The van der Waals surface area contributed by atoms with Gasteiger partial charge in [0.15, 0.2) is 0 Å². The normalized spacial score (nSPS) is 12.0. The molecule has 184 valence electrons. The standard InChI is InChI=1S/C27H54N2O2/c1-4-5-6-7-8-9-10-11-12-13-14-15-16-17-18-19-20-21-22-24-27(30)28-25-23-26-29(2,3)31/h11-12H,4-10,13-26H2,1-3H3,(H,28,30)/b12-11-. The molecule has 0 saturated heterocycles. The summed E-state index contributed by atoms with van der Waals surface area (Å²) in [5.74, 6) is 0.136. The van der Waals surface area contributed by atoms with Crippen LogP contribution in [0.2, 0.25) is 0 Å². The van der Waals surface area contributed by atoms with Crippen LogP contribution in [0.5, 0.6) is 0 Å². The average molecular weight is 439 g/mol. The predicted octanol–water partition coefficient (Wildman–Crippen LogP) is 7.66. The number of nitrogens with one attached hydrogen (secondary N) is 1. The van der Waals surface area contributed by atoms with Gasteiger partial charge < -0.3 is 15.2 Å². The van der Waals surface area contributed by atoms with Gasteiger partial charge in [-0.15, -0.1) is 0 Å². The van der Waals surface area contributed by atoms with Crippen molar-refractivity contribution in [2.24, 2.45) is 0 Å². The molecule has 4 heteroatoms. The van der Waals surface area contributed by atoms with Crippen LogP contribution in [0.4, 0.5) is 0 Å². The molecule has 0 bridgehead atoms. The average Bonchev–Trinajstić information content (AvgIpc) is 2.72. The van der Waals surface area contributed by atoms with Crippen LogP contribution in [0.1, 0.15) is 129 Å².